The van der Waals surface area contributed by atoms with E-state index in [1.807, 2.05) is 24.3 Å². The zero-order valence-electron chi connectivity index (χ0n) is 12.5. The Morgan fingerprint density at radius 2 is 2.04 bits per heavy atom. The van der Waals surface area contributed by atoms with Crippen LogP contribution in [0, 0.1) is 0 Å². The molecule has 1 aromatic carbocycles. The molecule has 0 aliphatic heterocycles. The summed E-state index contributed by atoms with van der Waals surface area (Å²) in [6, 6.07) is 13.0. The van der Waals surface area contributed by atoms with Gasteiger partial charge in [0.05, 0.1) is 12.8 Å². The second-order valence-electron chi connectivity index (χ2n) is 5.05. The molecule has 0 saturated carbocycles. The van der Waals surface area contributed by atoms with E-state index in [1.165, 1.54) is 16.2 Å². The summed E-state index contributed by atoms with van der Waals surface area (Å²) in [6.45, 7) is 0.0521. The third-order valence-corrected chi connectivity index (χ3v) is 4.45. The molecule has 0 atom stereocenters. The number of furan rings is 1. The van der Waals surface area contributed by atoms with Crippen molar-refractivity contribution >= 4 is 33.3 Å². The minimum absolute atomic E-state index is 0.282. The molecule has 0 radical (unpaired) electrons. The third kappa shape index (κ3) is 3.60. The molecule has 118 valence electrons. The Hall–Kier alpha value is -2.60. The minimum atomic E-state index is -0.481. The predicted molar refractivity (Wildman–Crippen MR) is 87.3 cm³/mol. The molecule has 0 spiro atoms. The van der Waals surface area contributed by atoms with Crippen LogP contribution in [0.15, 0.2) is 53.1 Å². The van der Waals surface area contributed by atoms with Crippen LogP contribution in [0.3, 0.4) is 0 Å². The van der Waals surface area contributed by atoms with E-state index in [0.717, 1.165) is 10.1 Å². The lowest BCUT2D eigenvalue weighted by Gasteiger charge is -2.15. The Morgan fingerprint density at radius 3 is 2.78 bits per heavy atom. The monoisotopic (exact) mass is 329 g/mol. The molecular weight excluding hydrogens is 314 g/mol. The Kier molecular flexibility index (Phi) is 4.43. The Morgan fingerprint density at radius 1 is 1.22 bits per heavy atom. The lowest BCUT2D eigenvalue weighted by molar-refractivity contribution is -0.133. The van der Waals surface area contributed by atoms with Crippen LogP contribution in [0.4, 0.5) is 0 Å². The molecule has 3 aromatic rings. The first-order valence-electron chi connectivity index (χ1n) is 7.05. The maximum absolute atomic E-state index is 12.1. The second-order valence-corrected chi connectivity index (χ2v) is 6.14. The first kappa shape index (κ1) is 15.3. The number of nitrogens with zero attached hydrogens (tertiary/aromatic N) is 1. The average Bonchev–Trinajstić information content (AvgIpc) is 3.20. The highest BCUT2D eigenvalue weighted by Crippen LogP contribution is 2.25. The summed E-state index contributed by atoms with van der Waals surface area (Å²) in [5.41, 5.74) is 0. The third-order valence-electron chi connectivity index (χ3n) is 3.35. The van der Waals surface area contributed by atoms with Gasteiger partial charge in [-0.1, -0.05) is 18.2 Å². The number of hydrogen-bond acceptors (Lipinski definition) is 5. The highest BCUT2D eigenvalue weighted by atomic mass is 32.1. The van der Waals surface area contributed by atoms with Gasteiger partial charge in [0.2, 0.25) is 0 Å². The van der Waals surface area contributed by atoms with E-state index in [4.69, 9.17) is 9.15 Å². The second kappa shape index (κ2) is 6.66. The molecular formula is C17H15NO4S. The molecule has 2 aromatic heterocycles. The summed E-state index contributed by atoms with van der Waals surface area (Å²) in [7, 11) is 1.64. The zero-order chi connectivity index (χ0) is 16.2. The molecule has 0 bridgehead atoms. The number of amides is 1. The van der Waals surface area contributed by atoms with Crippen molar-refractivity contribution < 1.29 is 18.7 Å². The van der Waals surface area contributed by atoms with Gasteiger partial charge in [-0.25, -0.2) is 4.79 Å². The fraction of sp³-hybridized carbons (Fsp3) is 0.176. The molecule has 0 aliphatic rings. The number of hydrogen-bond donors (Lipinski definition) is 0. The summed E-state index contributed by atoms with van der Waals surface area (Å²) >= 11 is 1.35. The Labute approximate surface area is 137 Å². The topological polar surface area (TPSA) is 59.8 Å². The molecule has 0 aliphatic carbocycles. The average molecular weight is 329 g/mol. The summed E-state index contributed by atoms with van der Waals surface area (Å²) in [5, 5.41) is 0.991. The van der Waals surface area contributed by atoms with Gasteiger partial charge in [0.1, 0.15) is 10.6 Å². The van der Waals surface area contributed by atoms with E-state index >= 15 is 0 Å². The smallest absolute Gasteiger partial charge is 0.348 e. The summed E-state index contributed by atoms with van der Waals surface area (Å²) in [5.74, 6) is -0.0847. The van der Waals surface area contributed by atoms with Gasteiger partial charge >= 0.3 is 5.97 Å². The molecule has 1 amide bonds. The molecule has 6 heteroatoms. The number of ether oxygens (including phenoxy) is 1. The van der Waals surface area contributed by atoms with E-state index in [-0.39, 0.29) is 12.5 Å². The predicted octanol–water partition coefficient (Wildman–Crippen LogP) is 3.31. The number of thiophene rings is 1. The van der Waals surface area contributed by atoms with E-state index in [1.54, 1.807) is 31.5 Å². The van der Waals surface area contributed by atoms with Crippen molar-refractivity contribution in [1.29, 1.82) is 0 Å². The van der Waals surface area contributed by atoms with Gasteiger partial charge < -0.3 is 14.1 Å². The normalized spacial score (nSPS) is 10.7. The lowest BCUT2D eigenvalue weighted by atomic mass is 10.2. The highest BCUT2D eigenvalue weighted by molar-refractivity contribution is 7.20. The number of likely N-dealkylation sites (N-methyl/N-ethyl adjacent to an activating group) is 1. The fourth-order valence-corrected chi connectivity index (χ4v) is 3.07. The van der Waals surface area contributed by atoms with Crippen LogP contribution >= 0.6 is 11.3 Å². The van der Waals surface area contributed by atoms with Crippen LogP contribution in [-0.2, 0) is 16.1 Å². The fourth-order valence-electron chi connectivity index (χ4n) is 2.12. The van der Waals surface area contributed by atoms with Gasteiger partial charge in [-0.05, 0) is 29.7 Å². The lowest BCUT2D eigenvalue weighted by Crippen LogP contribution is -2.30. The van der Waals surface area contributed by atoms with Gasteiger partial charge in [-0.2, -0.15) is 0 Å². The molecule has 0 fully saturated rings. The molecule has 5 nitrogen and oxygen atoms in total. The molecule has 2 heterocycles. The number of carbonyl (C=O) groups excluding carboxylic acids is 2. The van der Waals surface area contributed by atoms with Crippen LogP contribution in [-0.4, -0.2) is 30.4 Å². The Balaban J connectivity index is 1.56. The zero-order valence-corrected chi connectivity index (χ0v) is 13.3. The molecule has 0 unspecified atom stereocenters. The number of esters is 1. The summed E-state index contributed by atoms with van der Waals surface area (Å²) in [6.07, 6.45) is 1.55. The largest absolute Gasteiger partial charge is 0.467 e. The SMILES string of the molecule is CN(Cc1ccco1)C(=O)COC(=O)c1cc2ccccc2s1. The maximum Gasteiger partial charge on any atom is 0.348 e. The van der Waals surface area contributed by atoms with Crippen LogP contribution in [0.1, 0.15) is 15.4 Å². The first-order chi connectivity index (χ1) is 11.1. The quantitative estimate of drug-likeness (QED) is 0.674. The Bertz CT molecular complexity index is 789. The molecule has 23 heavy (non-hydrogen) atoms. The van der Waals surface area contributed by atoms with Crippen LogP contribution < -0.4 is 0 Å². The van der Waals surface area contributed by atoms with Crippen LogP contribution in [0.2, 0.25) is 0 Å². The van der Waals surface area contributed by atoms with Crippen molar-refractivity contribution in [2.45, 2.75) is 6.54 Å². The van der Waals surface area contributed by atoms with E-state index in [2.05, 4.69) is 0 Å². The van der Waals surface area contributed by atoms with Crippen molar-refractivity contribution in [2.75, 3.05) is 13.7 Å². The van der Waals surface area contributed by atoms with Crippen molar-refractivity contribution in [2.24, 2.45) is 0 Å². The minimum Gasteiger partial charge on any atom is -0.467 e. The highest BCUT2D eigenvalue weighted by Gasteiger charge is 2.16. The van der Waals surface area contributed by atoms with Gasteiger partial charge in [-0.3, -0.25) is 4.79 Å². The maximum atomic E-state index is 12.1. The number of fused-ring (bicyclic) bond motifs is 1. The summed E-state index contributed by atoms with van der Waals surface area (Å²) in [4.78, 5) is 26.0. The van der Waals surface area contributed by atoms with E-state index in [0.29, 0.717) is 17.2 Å². The molecule has 0 saturated heterocycles. The van der Waals surface area contributed by atoms with Crippen LogP contribution in [0.25, 0.3) is 10.1 Å². The van der Waals surface area contributed by atoms with E-state index < -0.39 is 5.97 Å². The first-order valence-corrected chi connectivity index (χ1v) is 7.87. The van der Waals surface area contributed by atoms with Gasteiger partial charge in [0.25, 0.3) is 5.91 Å². The molecule has 3 rings (SSSR count). The standard InChI is InChI=1S/C17H15NO4S/c1-18(10-13-6-4-8-21-13)16(19)11-22-17(20)15-9-12-5-2-3-7-14(12)23-15/h2-9H,10-11H2,1H3. The van der Waals surface area contributed by atoms with Crippen LogP contribution in [0.5, 0.6) is 0 Å². The van der Waals surface area contributed by atoms with Gasteiger partial charge in [0, 0.05) is 11.7 Å². The number of carbonyl (C=O) groups is 2. The van der Waals surface area contributed by atoms with Crippen molar-refractivity contribution in [3.63, 3.8) is 0 Å². The van der Waals surface area contributed by atoms with Gasteiger partial charge in [0.15, 0.2) is 6.61 Å². The van der Waals surface area contributed by atoms with Gasteiger partial charge in [-0.15, -0.1) is 11.3 Å². The number of benzene rings is 1. The molecule has 0 N–H and O–H groups in total. The van der Waals surface area contributed by atoms with Crippen molar-refractivity contribution in [1.82, 2.24) is 4.90 Å². The summed E-state index contributed by atoms with van der Waals surface area (Å²) < 4.78 is 11.3. The van der Waals surface area contributed by atoms with Crippen molar-refractivity contribution in [3.05, 3.63) is 59.4 Å². The van der Waals surface area contributed by atoms with Crippen molar-refractivity contribution in [3.8, 4) is 0 Å². The number of rotatable bonds is 5. The van der Waals surface area contributed by atoms with E-state index in [9.17, 15) is 9.59 Å².